The number of amides is 1. The van der Waals surface area contributed by atoms with Crippen LogP contribution < -0.4 is 19.4 Å². The summed E-state index contributed by atoms with van der Waals surface area (Å²) in [5.41, 5.74) is 2.99. The van der Waals surface area contributed by atoms with Crippen molar-refractivity contribution in [2.45, 2.75) is 13.5 Å². The molecule has 0 aromatic heterocycles. The average molecular weight is 434 g/mol. The summed E-state index contributed by atoms with van der Waals surface area (Å²) in [7, 11) is 1.71. The summed E-state index contributed by atoms with van der Waals surface area (Å²) in [6.45, 7) is 7.29. The summed E-state index contributed by atoms with van der Waals surface area (Å²) in [4.78, 5) is 29.0. The molecule has 2 aliphatic heterocycles. The van der Waals surface area contributed by atoms with Crippen molar-refractivity contribution in [1.29, 1.82) is 0 Å². The first-order chi connectivity index (χ1) is 14.2. The smallest absolute Gasteiger partial charge is 0.223 e. The van der Waals surface area contributed by atoms with Crippen molar-refractivity contribution in [3.63, 3.8) is 0 Å². The maximum absolute atomic E-state index is 12.2. The van der Waals surface area contributed by atoms with Crippen molar-refractivity contribution in [3.8, 4) is 11.5 Å². The molecule has 2 heterocycles. The van der Waals surface area contributed by atoms with Gasteiger partial charge in [-0.3, -0.25) is 9.69 Å². The van der Waals surface area contributed by atoms with Crippen molar-refractivity contribution in [3.05, 3.63) is 48.0 Å². The van der Waals surface area contributed by atoms with Crippen LogP contribution in [0.3, 0.4) is 0 Å². The average Bonchev–Trinajstić information content (AvgIpc) is 3.22. The van der Waals surface area contributed by atoms with Crippen molar-refractivity contribution in [1.82, 2.24) is 4.90 Å². The number of carbonyl (C=O) groups is 1. The van der Waals surface area contributed by atoms with Gasteiger partial charge in [0.2, 0.25) is 5.91 Å². The van der Waals surface area contributed by atoms with Crippen LogP contribution >= 0.6 is 12.4 Å². The van der Waals surface area contributed by atoms with Crippen molar-refractivity contribution in [2.75, 3.05) is 56.2 Å². The molecule has 0 spiro atoms. The van der Waals surface area contributed by atoms with E-state index in [1.54, 1.807) is 18.9 Å². The largest absolute Gasteiger partial charge is 0.495 e. The standard InChI is InChI=1S/C22H27N3O4.ClH/c1-17(26)25(19-8-7-18-16-28-29-22(18)15-19)14-11-23-9-12-24(13-10-23)20-5-3-4-6-21(20)27-2;/h3-8,15H,9-14,16H2,1-2H3;1H. The number of nitrogens with zero attached hydrogens (tertiary/aromatic N) is 3. The number of anilines is 2. The molecule has 0 aliphatic carbocycles. The van der Waals surface area contributed by atoms with Gasteiger partial charge in [-0.15, -0.1) is 12.4 Å². The molecule has 30 heavy (non-hydrogen) atoms. The normalized spacial score (nSPS) is 15.7. The Balaban J connectivity index is 0.00000256. The fraction of sp³-hybridized carbons (Fsp3) is 0.409. The van der Waals surface area contributed by atoms with E-state index in [1.165, 1.54) is 0 Å². The number of ether oxygens (including phenoxy) is 1. The number of carbonyl (C=O) groups excluding carboxylic acids is 1. The van der Waals surface area contributed by atoms with Crippen LogP contribution in [-0.4, -0.2) is 57.2 Å². The molecule has 2 aromatic carbocycles. The van der Waals surface area contributed by atoms with Crippen LogP contribution in [0, 0.1) is 0 Å². The Morgan fingerprint density at radius 3 is 2.63 bits per heavy atom. The minimum atomic E-state index is 0. The number of hydrogen-bond donors (Lipinski definition) is 0. The molecule has 4 rings (SSSR count). The van der Waals surface area contributed by atoms with Crippen LogP contribution in [0.2, 0.25) is 0 Å². The molecule has 2 aromatic rings. The maximum atomic E-state index is 12.2. The zero-order chi connectivity index (χ0) is 20.2. The number of methoxy groups -OCH3 is 1. The van der Waals surface area contributed by atoms with Gasteiger partial charge in [0.05, 0.1) is 12.8 Å². The molecule has 2 aliphatic rings. The molecule has 0 unspecified atom stereocenters. The van der Waals surface area contributed by atoms with Gasteiger partial charge in [0.25, 0.3) is 0 Å². The van der Waals surface area contributed by atoms with E-state index in [0.29, 0.717) is 18.9 Å². The van der Waals surface area contributed by atoms with Crippen LogP contribution in [-0.2, 0) is 16.3 Å². The van der Waals surface area contributed by atoms with Crippen LogP contribution in [0.25, 0.3) is 0 Å². The van der Waals surface area contributed by atoms with Gasteiger partial charge in [0.1, 0.15) is 12.4 Å². The Bertz CT molecular complexity index is 871. The highest BCUT2D eigenvalue weighted by Crippen LogP contribution is 2.31. The van der Waals surface area contributed by atoms with Crippen LogP contribution in [0.15, 0.2) is 42.5 Å². The third kappa shape index (κ3) is 4.80. The molecule has 1 saturated heterocycles. The number of para-hydroxylation sites is 2. The lowest BCUT2D eigenvalue weighted by atomic mass is 10.2. The highest BCUT2D eigenvalue weighted by Gasteiger charge is 2.22. The van der Waals surface area contributed by atoms with Gasteiger partial charge < -0.3 is 19.4 Å². The third-order valence-electron chi connectivity index (χ3n) is 5.54. The fourth-order valence-corrected chi connectivity index (χ4v) is 3.88. The zero-order valence-electron chi connectivity index (χ0n) is 17.4. The summed E-state index contributed by atoms with van der Waals surface area (Å²) in [6.07, 6.45) is 0. The first kappa shape index (κ1) is 22.2. The molecule has 0 bridgehead atoms. The zero-order valence-corrected chi connectivity index (χ0v) is 18.2. The van der Waals surface area contributed by atoms with Gasteiger partial charge in [-0.2, -0.15) is 4.89 Å². The molecule has 0 saturated carbocycles. The van der Waals surface area contributed by atoms with E-state index in [4.69, 9.17) is 14.5 Å². The number of fused-ring (bicyclic) bond motifs is 1. The lowest BCUT2D eigenvalue weighted by Gasteiger charge is -2.37. The van der Waals surface area contributed by atoms with Crippen LogP contribution in [0.1, 0.15) is 12.5 Å². The predicted octanol–water partition coefficient (Wildman–Crippen LogP) is 3.12. The Kier molecular flexibility index (Phi) is 7.42. The van der Waals surface area contributed by atoms with Gasteiger partial charge in [-0.05, 0) is 18.2 Å². The molecule has 0 radical (unpaired) electrons. The van der Waals surface area contributed by atoms with Crippen LogP contribution in [0.5, 0.6) is 11.5 Å². The number of benzene rings is 2. The van der Waals surface area contributed by atoms with Crippen molar-refractivity contribution in [2.24, 2.45) is 0 Å². The Hall–Kier alpha value is -2.48. The quantitative estimate of drug-likeness (QED) is 0.652. The van der Waals surface area contributed by atoms with E-state index in [0.717, 1.165) is 55.4 Å². The third-order valence-corrected chi connectivity index (χ3v) is 5.54. The highest BCUT2D eigenvalue weighted by molar-refractivity contribution is 5.91. The van der Waals surface area contributed by atoms with Gasteiger partial charge in [-0.25, -0.2) is 0 Å². The molecule has 8 heteroatoms. The summed E-state index contributed by atoms with van der Waals surface area (Å²) in [5, 5.41) is 0. The van der Waals surface area contributed by atoms with Crippen LogP contribution in [0.4, 0.5) is 11.4 Å². The van der Waals surface area contributed by atoms with Gasteiger partial charge in [0, 0.05) is 63.5 Å². The summed E-state index contributed by atoms with van der Waals surface area (Å²) < 4.78 is 5.49. The summed E-state index contributed by atoms with van der Waals surface area (Å²) >= 11 is 0. The van der Waals surface area contributed by atoms with Gasteiger partial charge in [0.15, 0.2) is 5.75 Å². The maximum Gasteiger partial charge on any atom is 0.223 e. The summed E-state index contributed by atoms with van der Waals surface area (Å²) in [6, 6.07) is 13.9. The second-order valence-electron chi connectivity index (χ2n) is 7.31. The molecule has 7 nitrogen and oxygen atoms in total. The van der Waals surface area contributed by atoms with E-state index in [-0.39, 0.29) is 18.3 Å². The number of piperazine rings is 1. The Labute approximate surface area is 183 Å². The minimum absolute atomic E-state index is 0. The first-order valence-electron chi connectivity index (χ1n) is 9.96. The van der Waals surface area contributed by atoms with Crippen molar-refractivity contribution >= 4 is 29.7 Å². The molecule has 0 N–H and O–H groups in total. The van der Waals surface area contributed by atoms with Crippen molar-refractivity contribution < 1.29 is 19.3 Å². The lowest BCUT2D eigenvalue weighted by molar-refractivity contribution is -0.194. The molecular formula is C22H28ClN3O4. The second kappa shape index (κ2) is 10.0. The minimum Gasteiger partial charge on any atom is -0.495 e. The SMILES string of the molecule is COc1ccccc1N1CCN(CCN(C(C)=O)c2ccc3c(c2)OOC3)CC1.Cl. The number of rotatable bonds is 6. The van der Waals surface area contributed by atoms with E-state index < -0.39 is 0 Å². The molecule has 162 valence electrons. The second-order valence-corrected chi connectivity index (χ2v) is 7.31. The molecule has 1 fully saturated rings. The molecule has 1 amide bonds. The lowest BCUT2D eigenvalue weighted by Crippen LogP contribution is -2.49. The van der Waals surface area contributed by atoms with Gasteiger partial charge in [-0.1, -0.05) is 18.2 Å². The van der Waals surface area contributed by atoms with E-state index in [2.05, 4.69) is 15.9 Å². The fourth-order valence-electron chi connectivity index (χ4n) is 3.88. The Morgan fingerprint density at radius 1 is 1.13 bits per heavy atom. The number of hydrogen-bond acceptors (Lipinski definition) is 6. The van der Waals surface area contributed by atoms with Gasteiger partial charge >= 0.3 is 0 Å². The first-order valence-corrected chi connectivity index (χ1v) is 9.96. The highest BCUT2D eigenvalue weighted by atomic mass is 35.5. The number of halogens is 1. The van der Waals surface area contributed by atoms with E-state index >= 15 is 0 Å². The summed E-state index contributed by atoms with van der Waals surface area (Å²) in [5.74, 6) is 1.63. The van der Waals surface area contributed by atoms with E-state index in [1.807, 2.05) is 36.4 Å². The Morgan fingerprint density at radius 2 is 1.90 bits per heavy atom. The predicted molar refractivity (Wildman–Crippen MR) is 119 cm³/mol. The molecule has 0 atom stereocenters. The molecular weight excluding hydrogens is 406 g/mol. The monoisotopic (exact) mass is 433 g/mol. The topological polar surface area (TPSA) is 54.5 Å². The van der Waals surface area contributed by atoms with E-state index in [9.17, 15) is 4.79 Å².